The Hall–Kier alpha value is -0.860. The Bertz CT molecular complexity index is 465. The summed E-state index contributed by atoms with van der Waals surface area (Å²) in [6, 6.07) is 4.48. The van der Waals surface area contributed by atoms with E-state index in [4.69, 9.17) is 17.3 Å². The molecule has 0 saturated heterocycles. The van der Waals surface area contributed by atoms with Gasteiger partial charge in [-0.15, -0.1) is 0 Å². The number of nitrogens with two attached hydrogens (primary N) is 1. The van der Waals surface area contributed by atoms with Gasteiger partial charge >= 0.3 is 0 Å². The maximum absolute atomic E-state index is 13.3. The maximum Gasteiger partial charge on any atom is 0.123 e. The fourth-order valence-corrected chi connectivity index (χ4v) is 2.77. The summed E-state index contributed by atoms with van der Waals surface area (Å²) in [5.74, 6) is -0.262. The smallest absolute Gasteiger partial charge is 0.123 e. The van der Waals surface area contributed by atoms with Crippen molar-refractivity contribution in [2.75, 3.05) is 0 Å². The minimum Gasteiger partial charge on any atom is -0.324 e. The Kier molecular flexibility index (Phi) is 3.28. The zero-order valence-electron chi connectivity index (χ0n) is 10.1. The molecule has 1 nitrogen and oxygen atoms in total. The molecule has 0 fully saturated rings. The lowest BCUT2D eigenvalue weighted by Crippen LogP contribution is -2.30. The number of hydrogen-bond acceptors (Lipinski definition) is 1. The van der Waals surface area contributed by atoms with E-state index in [0.29, 0.717) is 5.02 Å². The van der Waals surface area contributed by atoms with E-state index in [0.717, 1.165) is 24.0 Å². The zero-order valence-corrected chi connectivity index (χ0v) is 10.9. The molecule has 0 bridgehead atoms. The predicted octanol–water partition coefficient (Wildman–Crippen LogP) is 4.01. The zero-order chi connectivity index (χ0) is 12.6. The van der Waals surface area contributed by atoms with Crippen molar-refractivity contribution in [2.24, 2.45) is 11.1 Å². The number of rotatable bonds is 1. The minimum absolute atomic E-state index is 0.0214. The first-order chi connectivity index (χ1) is 7.87. The van der Waals surface area contributed by atoms with Crippen LogP contribution in [0.5, 0.6) is 0 Å². The molecule has 1 aromatic carbocycles. The number of allylic oxidation sites excluding steroid dienone is 1. The van der Waals surface area contributed by atoms with Gasteiger partial charge in [-0.3, -0.25) is 0 Å². The summed E-state index contributed by atoms with van der Waals surface area (Å²) in [6.07, 6.45) is 3.83. The molecule has 1 atom stereocenters. The van der Waals surface area contributed by atoms with Gasteiger partial charge in [-0.05, 0) is 47.6 Å². The van der Waals surface area contributed by atoms with Crippen LogP contribution in [0.4, 0.5) is 4.39 Å². The molecule has 0 aliphatic heterocycles. The molecule has 17 heavy (non-hydrogen) atoms. The lowest BCUT2D eigenvalue weighted by Gasteiger charge is -2.33. The van der Waals surface area contributed by atoms with E-state index in [-0.39, 0.29) is 17.3 Å². The lowest BCUT2D eigenvalue weighted by atomic mass is 9.74. The van der Waals surface area contributed by atoms with Crippen molar-refractivity contribution in [1.82, 2.24) is 0 Å². The molecule has 1 aliphatic carbocycles. The topological polar surface area (TPSA) is 26.0 Å². The fraction of sp³-hybridized carbons (Fsp3) is 0.429. The van der Waals surface area contributed by atoms with Crippen LogP contribution < -0.4 is 5.73 Å². The van der Waals surface area contributed by atoms with Gasteiger partial charge in [0.25, 0.3) is 0 Å². The molecule has 92 valence electrons. The third kappa shape index (κ3) is 2.88. The Morgan fingerprint density at radius 2 is 2.12 bits per heavy atom. The molecule has 0 aromatic heterocycles. The van der Waals surface area contributed by atoms with Crippen LogP contribution in [0, 0.1) is 11.2 Å². The molecular weight excluding hydrogens is 237 g/mol. The summed E-state index contributed by atoms with van der Waals surface area (Å²) in [5, 5.41) is 0.586. The van der Waals surface area contributed by atoms with Crippen molar-refractivity contribution in [2.45, 2.75) is 32.7 Å². The molecule has 1 unspecified atom stereocenters. The van der Waals surface area contributed by atoms with Crippen LogP contribution in [0.3, 0.4) is 0 Å². The largest absolute Gasteiger partial charge is 0.324 e. The third-order valence-corrected chi connectivity index (χ3v) is 3.48. The van der Waals surface area contributed by atoms with Crippen LogP contribution in [0.15, 0.2) is 24.3 Å². The average molecular weight is 254 g/mol. The SMILES string of the molecule is CC1(C)CC(c2cc(F)ccc2Cl)=CC(N)C1. The van der Waals surface area contributed by atoms with E-state index in [9.17, 15) is 4.39 Å². The quantitative estimate of drug-likeness (QED) is 0.804. The summed E-state index contributed by atoms with van der Waals surface area (Å²) in [6.45, 7) is 4.35. The van der Waals surface area contributed by atoms with Crippen molar-refractivity contribution in [3.8, 4) is 0 Å². The van der Waals surface area contributed by atoms with Gasteiger partial charge < -0.3 is 5.73 Å². The van der Waals surface area contributed by atoms with Crippen molar-refractivity contribution in [1.29, 1.82) is 0 Å². The van der Waals surface area contributed by atoms with Crippen LogP contribution in [0.25, 0.3) is 5.57 Å². The van der Waals surface area contributed by atoms with Crippen LogP contribution in [-0.2, 0) is 0 Å². The second-order valence-electron chi connectivity index (χ2n) is 5.53. The first-order valence-electron chi connectivity index (χ1n) is 5.79. The van der Waals surface area contributed by atoms with Gasteiger partial charge in [-0.2, -0.15) is 0 Å². The number of benzene rings is 1. The van der Waals surface area contributed by atoms with E-state index in [2.05, 4.69) is 13.8 Å². The van der Waals surface area contributed by atoms with Gasteiger partial charge in [0.2, 0.25) is 0 Å². The van der Waals surface area contributed by atoms with E-state index in [1.54, 1.807) is 6.07 Å². The van der Waals surface area contributed by atoms with Crippen molar-refractivity contribution >= 4 is 17.2 Å². The van der Waals surface area contributed by atoms with Crippen molar-refractivity contribution in [3.05, 3.63) is 40.7 Å². The predicted molar refractivity (Wildman–Crippen MR) is 70.4 cm³/mol. The third-order valence-electron chi connectivity index (χ3n) is 3.15. The first kappa shape index (κ1) is 12.6. The molecule has 3 heteroatoms. The minimum atomic E-state index is -0.262. The molecule has 0 saturated carbocycles. The summed E-state index contributed by atoms with van der Waals surface area (Å²) in [4.78, 5) is 0. The monoisotopic (exact) mass is 253 g/mol. The lowest BCUT2D eigenvalue weighted by molar-refractivity contribution is 0.318. The van der Waals surface area contributed by atoms with Gasteiger partial charge in [-0.1, -0.05) is 31.5 Å². The van der Waals surface area contributed by atoms with Crippen molar-refractivity contribution < 1.29 is 4.39 Å². The van der Waals surface area contributed by atoms with E-state index >= 15 is 0 Å². The summed E-state index contributed by atoms with van der Waals surface area (Å²) in [7, 11) is 0. The van der Waals surface area contributed by atoms with Gasteiger partial charge in [-0.25, -0.2) is 4.39 Å². The van der Waals surface area contributed by atoms with Gasteiger partial charge in [0.15, 0.2) is 0 Å². The van der Waals surface area contributed by atoms with Crippen LogP contribution >= 0.6 is 11.6 Å². The molecule has 1 aliphatic rings. The Morgan fingerprint density at radius 1 is 1.41 bits per heavy atom. The molecule has 0 spiro atoms. The summed E-state index contributed by atoms with van der Waals surface area (Å²) < 4.78 is 13.3. The number of halogens is 2. The highest BCUT2D eigenvalue weighted by molar-refractivity contribution is 6.32. The molecule has 2 N–H and O–H groups in total. The van der Waals surface area contributed by atoms with Gasteiger partial charge in [0.05, 0.1) is 0 Å². The Balaban J connectivity index is 2.43. The van der Waals surface area contributed by atoms with E-state index < -0.39 is 0 Å². The normalized spacial score (nSPS) is 23.4. The highest BCUT2D eigenvalue weighted by atomic mass is 35.5. The van der Waals surface area contributed by atoms with E-state index in [1.165, 1.54) is 12.1 Å². The Labute approximate surface area is 106 Å². The maximum atomic E-state index is 13.3. The summed E-state index contributed by atoms with van der Waals surface area (Å²) >= 11 is 6.12. The van der Waals surface area contributed by atoms with Crippen LogP contribution in [0.2, 0.25) is 5.02 Å². The average Bonchev–Trinajstić information content (AvgIpc) is 2.18. The highest BCUT2D eigenvalue weighted by Crippen LogP contribution is 2.40. The van der Waals surface area contributed by atoms with Crippen molar-refractivity contribution in [3.63, 3.8) is 0 Å². The standard InChI is InChI=1S/C14H17ClFN/c1-14(2)7-9(5-11(17)8-14)12-6-10(16)3-4-13(12)15/h3-6,11H,7-8,17H2,1-2H3. The summed E-state index contributed by atoms with van der Waals surface area (Å²) in [5.41, 5.74) is 7.98. The molecular formula is C14H17ClFN. The van der Waals surface area contributed by atoms with Gasteiger partial charge in [0.1, 0.15) is 5.82 Å². The Morgan fingerprint density at radius 3 is 2.76 bits per heavy atom. The highest BCUT2D eigenvalue weighted by Gasteiger charge is 2.28. The molecule has 0 radical (unpaired) electrons. The second kappa shape index (κ2) is 4.43. The van der Waals surface area contributed by atoms with Gasteiger partial charge in [0, 0.05) is 11.1 Å². The number of hydrogen-bond donors (Lipinski definition) is 1. The molecule has 2 rings (SSSR count). The first-order valence-corrected chi connectivity index (χ1v) is 6.17. The van der Waals surface area contributed by atoms with Crippen LogP contribution in [-0.4, -0.2) is 6.04 Å². The molecule has 1 aromatic rings. The van der Waals surface area contributed by atoms with Crippen LogP contribution in [0.1, 0.15) is 32.3 Å². The fourth-order valence-electron chi connectivity index (χ4n) is 2.53. The second-order valence-corrected chi connectivity index (χ2v) is 5.93. The molecule has 0 amide bonds. The van der Waals surface area contributed by atoms with E-state index in [1.807, 2.05) is 6.08 Å². The molecule has 0 heterocycles.